The van der Waals surface area contributed by atoms with Gasteiger partial charge in [0.05, 0.1) is 5.39 Å². The maximum Gasteiger partial charge on any atom is 0.328 e. The minimum absolute atomic E-state index is 0.360. The molecule has 0 aromatic carbocycles. The van der Waals surface area contributed by atoms with Gasteiger partial charge in [-0.3, -0.25) is 29.4 Å². The molecule has 11 heteroatoms. The number of H-pyrrole nitrogens is 1. The fraction of sp³-hybridized carbons (Fsp3) is 0.0625. The van der Waals surface area contributed by atoms with E-state index in [9.17, 15) is 19.2 Å². The van der Waals surface area contributed by atoms with Gasteiger partial charge in [-0.2, -0.15) is 0 Å². The number of fused-ring (bicyclic) bond motifs is 1. The molecule has 2 N–H and O–H groups in total. The Hall–Kier alpha value is -3.31. The molecule has 27 heavy (non-hydrogen) atoms. The molecule has 0 unspecified atom stereocenters. The first-order chi connectivity index (χ1) is 13.0. The number of carbonyl (C=O) groups is 1. The summed E-state index contributed by atoms with van der Waals surface area (Å²) in [6, 6.07) is 4.93. The van der Waals surface area contributed by atoms with Gasteiger partial charge in [0.25, 0.3) is 17.0 Å². The number of aromatic amines is 1. The lowest BCUT2D eigenvalue weighted by atomic mass is 10.2. The number of nitrogens with zero attached hydrogens (tertiary/aromatic N) is 3. The Bertz CT molecular complexity index is 1310. The predicted molar refractivity (Wildman–Crippen MR) is 103 cm³/mol. The highest BCUT2D eigenvalue weighted by Crippen LogP contribution is 2.33. The quantitative estimate of drug-likeness (QED) is 0.524. The van der Waals surface area contributed by atoms with E-state index in [1.165, 1.54) is 35.2 Å². The maximum absolute atomic E-state index is 12.8. The zero-order valence-corrected chi connectivity index (χ0v) is 15.2. The Labute approximate surface area is 158 Å². The van der Waals surface area contributed by atoms with Crippen LogP contribution in [-0.2, 0) is 11.3 Å². The number of thiophene rings is 2. The highest BCUT2D eigenvalue weighted by molar-refractivity contribution is 7.18. The number of amides is 1. The number of hydrogen-bond acceptors (Lipinski definition) is 7. The summed E-state index contributed by atoms with van der Waals surface area (Å²) in [4.78, 5) is 55.5. The van der Waals surface area contributed by atoms with Gasteiger partial charge in [0.15, 0.2) is 0 Å². The van der Waals surface area contributed by atoms with E-state index in [4.69, 9.17) is 0 Å². The Balaban J connectivity index is 1.66. The van der Waals surface area contributed by atoms with Crippen molar-refractivity contribution in [1.82, 2.24) is 19.2 Å². The topological polar surface area (TPSA) is 119 Å². The van der Waals surface area contributed by atoms with E-state index in [2.05, 4.69) is 15.4 Å². The maximum atomic E-state index is 12.8. The third kappa shape index (κ3) is 3.25. The van der Waals surface area contributed by atoms with Gasteiger partial charge >= 0.3 is 5.69 Å². The lowest BCUT2D eigenvalue weighted by Gasteiger charge is -2.09. The van der Waals surface area contributed by atoms with E-state index in [0.29, 0.717) is 10.2 Å². The molecule has 4 rings (SSSR count). The predicted octanol–water partition coefficient (Wildman–Crippen LogP) is 0.807. The van der Waals surface area contributed by atoms with Crippen LogP contribution in [-0.4, -0.2) is 25.1 Å². The largest absolute Gasteiger partial charge is 0.328 e. The van der Waals surface area contributed by atoms with E-state index in [0.717, 1.165) is 25.8 Å². The second-order valence-electron chi connectivity index (χ2n) is 5.50. The summed E-state index contributed by atoms with van der Waals surface area (Å²) >= 11 is 2.86. The van der Waals surface area contributed by atoms with Crippen LogP contribution in [0, 0.1) is 0 Å². The van der Waals surface area contributed by atoms with Gasteiger partial charge in [-0.05, 0) is 11.4 Å². The Morgan fingerprint density at radius 2 is 2.07 bits per heavy atom. The fourth-order valence-electron chi connectivity index (χ4n) is 2.52. The smallest absolute Gasteiger partial charge is 0.291 e. The number of carbonyl (C=O) groups excluding carboxylic acids is 1. The molecule has 4 aromatic rings. The first kappa shape index (κ1) is 17.1. The molecule has 0 radical (unpaired) electrons. The number of rotatable bonds is 4. The van der Waals surface area contributed by atoms with Crippen LogP contribution in [0.2, 0.25) is 0 Å². The van der Waals surface area contributed by atoms with Crippen LogP contribution in [0.15, 0.2) is 55.9 Å². The van der Waals surface area contributed by atoms with E-state index in [1.807, 2.05) is 22.9 Å². The Morgan fingerprint density at radius 3 is 2.81 bits per heavy atom. The first-order valence-electron chi connectivity index (χ1n) is 7.65. The molecule has 0 aliphatic rings. The molecule has 0 atom stereocenters. The van der Waals surface area contributed by atoms with Crippen molar-refractivity contribution in [2.24, 2.45) is 0 Å². The summed E-state index contributed by atoms with van der Waals surface area (Å²) in [5.41, 5.74) is 1.50. The van der Waals surface area contributed by atoms with Gasteiger partial charge in [0, 0.05) is 28.1 Å². The average molecular weight is 401 g/mol. The normalized spacial score (nSPS) is 11.0. The summed E-state index contributed by atoms with van der Waals surface area (Å²) in [7, 11) is 0. The van der Waals surface area contributed by atoms with Gasteiger partial charge < -0.3 is 0 Å². The van der Waals surface area contributed by atoms with Gasteiger partial charge in [-0.1, -0.05) is 6.07 Å². The highest BCUT2D eigenvalue weighted by atomic mass is 32.1. The molecule has 0 fully saturated rings. The molecule has 1 amide bonds. The van der Waals surface area contributed by atoms with E-state index < -0.39 is 22.7 Å². The first-order valence-corrected chi connectivity index (χ1v) is 9.41. The van der Waals surface area contributed by atoms with Crippen molar-refractivity contribution in [3.63, 3.8) is 0 Å². The Kier molecular flexibility index (Phi) is 4.30. The third-order valence-electron chi connectivity index (χ3n) is 3.74. The molecule has 0 aliphatic carbocycles. The summed E-state index contributed by atoms with van der Waals surface area (Å²) in [5.74, 6) is -0.611. The van der Waals surface area contributed by atoms with Crippen molar-refractivity contribution in [3.8, 4) is 10.4 Å². The minimum atomic E-state index is -0.712. The Morgan fingerprint density at radius 1 is 1.22 bits per heavy atom. The lowest BCUT2D eigenvalue weighted by Crippen LogP contribution is -2.38. The molecule has 0 bridgehead atoms. The van der Waals surface area contributed by atoms with Crippen LogP contribution in [0.3, 0.4) is 0 Å². The number of hydrogen-bond donors (Lipinski definition) is 2. The average Bonchev–Trinajstić information content (AvgIpc) is 3.29. The summed E-state index contributed by atoms with van der Waals surface area (Å²) in [6.07, 6.45) is 2.44. The van der Waals surface area contributed by atoms with E-state index in [1.54, 1.807) is 0 Å². The summed E-state index contributed by atoms with van der Waals surface area (Å²) in [6.45, 7) is -0.360. The van der Waals surface area contributed by atoms with Gasteiger partial charge in [-0.25, -0.2) is 14.5 Å². The molecule has 0 aliphatic heterocycles. The van der Waals surface area contributed by atoms with E-state index in [-0.39, 0.29) is 6.54 Å². The molecule has 4 aromatic heterocycles. The van der Waals surface area contributed by atoms with Crippen molar-refractivity contribution >= 4 is 38.8 Å². The molecule has 0 saturated heterocycles. The van der Waals surface area contributed by atoms with Gasteiger partial charge in [0.1, 0.15) is 17.7 Å². The monoisotopic (exact) mass is 401 g/mol. The molecule has 4 heterocycles. The molecule has 0 saturated carbocycles. The van der Waals surface area contributed by atoms with Crippen LogP contribution >= 0.6 is 22.7 Å². The van der Waals surface area contributed by atoms with E-state index >= 15 is 0 Å². The SMILES string of the molecule is O=C(Cn1ccc(=O)[nH]c1=O)Nn1cnc2scc(-c3cccs3)c2c1=O. The summed E-state index contributed by atoms with van der Waals surface area (Å²) < 4.78 is 2.01. The van der Waals surface area contributed by atoms with Crippen LogP contribution in [0.1, 0.15) is 0 Å². The van der Waals surface area contributed by atoms with Crippen molar-refractivity contribution in [2.45, 2.75) is 6.54 Å². The zero-order valence-electron chi connectivity index (χ0n) is 13.5. The van der Waals surface area contributed by atoms with Crippen LogP contribution < -0.4 is 22.2 Å². The van der Waals surface area contributed by atoms with Gasteiger partial charge in [-0.15, -0.1) is 22.7 Å². The van der Waals surface area contributed by atoms with Gasteiger partial charge in [0.2, 0.25) is 0 Å². The highest BCUT2D eigenvalue weighted by Gasteiger charge is 2.15. The van der Waals surface area contributed by atoms with Crippen molar-refractivity contribution in [1.29, 1.82) is 0 Å². The number of aromatic nitrogens is 4. The molecule has 0 spiro atoms. The van der Waals surface area contributed by atoms with Crippen molar-refractivity contribution < 1.29 is 4.79 Å². The molecule has 9 nitrogen and oxygen atoms in total. The third-order valence-corrected chi connectivity index (χ3v) is 5.53. The van der Waals surface area contributed by atoms with Crippen molar-refractivity contribution in [3.05, 3.63) is 72.7 Å². The van der Waals surface area contributed by atoms with Crippen molar-refractivity contribution in [2.75, 3.05) is 5.43 Å². The zero-order chi connectivity index (χ0) is 19.0. The second kappa shape index (κ2) is 6.78. The standard InChI is InChI=1S/C16H11N5O4S2/c22-11-3-4-20(16(25)18-11)6-12(23)19-21-8-17-14-13(15(21)24)9(7-27-14)10-2-1-5-26-10/h1-5,7-8H,6H2,(H,19,23)(H,18,22,25). The molecule has 136 valence electrons. The van der Waals surface area contributed by atoms with Crippen LogP contribution in [0.4, 0.5) is 0 Å². The lowest BCUT2D eigenvalue weighted by molar-refractivity contribution is -0.117. The minimum Gasteiger partial charge on any atom is -0.291 e. The second-order valence-corrected chi connectivity index (χ2v) is 7.31. The summed E-state index contributed by atoms with van der Waals surface area (Å²) in [5, 5.41) is 4.19. The van der Waals surface area contributed by atoms with Crippen LogP contribution in [0.25, 0.3) is 20.7 Å². The molecular formula is C16H11N5O4S2. The fourth-order valence-corrected chi connectivity index (χ4v) is 4.24. The molecular weight excluding hydrogens is 390 g/mol. The van der Waals surface area contributed by atoms with Crippen LogP contribution in [0.5, 0.6) is 0 Å². The number of nitrogens with one attached hydrogen (secondary N) is 2.